The van der Waals surface area contributed by atoms with E-state index in [1.165, 1.54) is 6.07 Å². The van der Waals surface area contributed by atoms with Gasteiger partial charge in [-0.1, -0.05) is 19.9 Å². The van der Waals surface area contributed by atoms with Crippen LogP contribution in [-0.4, -0.2) is 35.7 Å². The summed E-state index contributed by atoms with van der Waals surface area (Å²) in [7, 11) is 0. The Morgan fingerprint density at radius 1 is 1.48 bits per heavy atom. The maximum absolute atomic E-state index is 14.0. The molecule has 1 aromatic rings. The second-order valence-corrected chi connectivity index (χ2v) is 6.01. The summed E-state index contributed by atoms with van der Waals surface area (Å²) in [4.78, 5) is 12.6. The second kappa shape index (κ2) is 6.89. The van der Waals surface area contributed by atoms with E-state index in [0.717, 1.165) is 6.42 Å². The minimum absolute atomic E-state index is 0.296. The summed E-state index contributed by atoms with van der Waals surface area (Å²) in [5.74, 6) is -0.283. The van der Waals surface area contributed by atoms with Crippen molar-refractivity contribution in [3.63, 3.8) is 0 Å². The van der Waals surface area contributed by atoms with Gasteiger partial charge in [0, 0.05) is 31.3 Å². The summed E-state index contributed by atoms with van der Waals surface area (Å²) in [5, 5.41) is 8.81. The van der Waals surface area contributed by atoms with E-state index in [1.54, 1.807) is 12.1 Å². The zero-order valence-electron chi connectivity index (χ0n) is 12.5. The summed E-state index contributed by atoms with van der Waals surface area (Å²) in [6.07, 6.45) is 0.938. The molecule has 0 aliphatic carbocycles. The van der Waals surface area contributed by atoms with Crippen LogP contribution in [0.5, 0.6) is 5.75 Å². The van der Waals surface area contributed by atoms with Gasteiger partial charge in [0.2, 0.25) is 0 Å². The van der Waals surface area contributed by atoms with Gasteiger partial charge >= 0.3 is 5.97 Å². The number of halogens is 1. The van der Waals surface area contributed by atoms with Crippen LogP contribution in [0.4, 0.5) is 4.39 Å². The number of hydrogen-bond donors (Lipinski definition) is 1. The maximum atomic E-state index is 14.0. The molecule has 0 amide bonds. The maximum Gasteiger partial charge on any atom is 0.309 e. The van der Waals surface area contributed by atoms with Crippen molar-refractivity contribution in [1.29, 1.82) is 0 Å². The highest BCUT2D eigenvalue weighted by Crippen LogP contribution is 2.23. The molecule has 1 fully saturated rings. The van der Waals surface area contributed by atoms with Crippen LogP contribution >= 0.6 is 0 Å². The highest BCUT2D eigenvalue weighted by molar-refractivity contribution is 5.71. The van der Waals surface area contributed by atoms with Crippen molar-refractivity contribution in [2.45, 2.75) is 26.8 Å². The average Bonchev–Trinajstić information content (AvgIpc) is 2.34. The number of carbonyl (C=O) groups is 1. The molecule has 1 heterocycles. The molecule has 0 spiro atoms. The summed E-state index contributed by atoms with van der Waals surface area (Å²) in [6.45, 7) is 6.24. The van der Waals surface area contributed by atoms with E-state index in [-0.39, 0.29) is 11.7 Å². The molecule has 1 aliphatic rings. The van der Waals surface area contributed by atoms with Gasteiger partial charge in [0.05, 0.1) is 12.5 Å². The van der Waals surface area contributed by atoms with Crippen LogP contribution in [0.15, 0.2) is 18.2 Å². The van der Waals surface area contributed by atoms with Gasteiger partial charge in [-0.3, -0.25) is 9.69 Å². The van der Waals surface area contributed by atoms with Crippen LogP contribution < -0.4 is 4.74 Å². The number of hydrogen-bond acceptors (Lipinski definition) is 3. The first kappa shape index (κ1) is 15.8. The molecule has 116 valence electrons. The summed E-state index contributed by atoms with van der Waals surface area (Å²) in [5.41, 5.74) is 0.579. The summed E-state index contributed by atoms with van der Waals surface area (Å²) < 4.78 is 19.5. The quantitative estimate of drug-likeness (QED) is 0.840. The molecule has 0 aromatic heterocycles. The van der Waals surface area contributed by atoms with E-state index in [2.05, 4.69) is 13.8 Å². The number of rotatable bonds is 7. The van der Waals surface area contributed by atoms with E-state index < -0.39 is 5.97 Å². The molecule has 2 rings (SSSR count). The SMILES string of the molecule is CC(C)CCOc1ccc(CN2CC(C(=O)O)C2)c(F)c1. The number of benzene rings is 1. The number of aliphatic carboxylic acids is 1. The number of nitrogens with zero attached hydrogens (tertiary/aromatic N) is 1. The van der Waals surface area contributed by atoms with Gasteiger partial charge in [-0.15, -0.1) is 0 Å². The lowest BCUT2D eigenvalue weighted by molar-refractivity contribution is -0.147. The number of carboxylic acid groups (broad SMARTS) is 1. The number of carboxylic acids is 1. The molecule has 1 aromatic carbocycles. The fraction of sp³-hybridized carbons (Fsp3) is 0.562. The predicted octanol–water partition coefficient (Wildman–Crippen LogP) is 2.77. The topological polar surface area (TPSA) is 49.8 Å². The van der Waals surface area contributed by atoms with Gasteiger partial charge in [-0.25, -0.2) is 4.39 Å². The van der Waals surface area contributed by atoms with Crippen LogP contribution in [0.25, 0.3) is 0 Å². The molecular formula is C16H22FNO3. The Hall–Kier alpha value is -1.62. The molecule has 0 unspecified atom stereocenters. The summed E-state index contributed by atoms with van der Waals surface area (Å²) >= 11 is 0. The predicted molar refractivity (Wildman–Crippen MR) is 77.8 cm³/mol. The van der Waals surface area contributed by atoms with E-state index in [1.807, 2.05) is 4.90 Å². The van der Waals surface area contributed by atoms with Crippen LogP contribution in [0.3, 0.4) is 0 Å². The molecule has 1 aliphatic heterocycles. The Kier molecular flexibility index (Phi) is 5.17. The molecule has 4 nitrogen and oxygen atoms in total. The molecule has 0 bridgehead atoms. The highest BCUT2D eigenvalue weighted by Gasteiger charge is 2.32. The molecule has 5 heteroatoms. The van der Waals surface area contributed by atoms with Gasteiger partial charge in [-0.05, 0) is 18.4 Å². The van der Waals surface area contributed by atoms with E-state index in [4.69, 9.17) is 9.84 Å². The van der Waals surface area contributed by atoms with E-state index in [9.17, 15) is 9.18 Å². The Balaban J connectivity index is 1.84. The van der Waals surface area contributed by atoms with Crippen molar-refractivity contribution in [1.82, 2.24) is 4.90 Å². The van der Waals surface area contributed by atoms with Gasteiger partial charge < -0.3 is 9.84 Å². The summed E-state index contributed by atoms with van der Waals surface area (Å²) in [6, 6.07) is 4.89. The lowest BCUT2D eigenvalue weighted by Crippen LogP contribution is -2.49. The minimum Gasteiger partial charge on any atom is -0.493 e. The van der Waals surface area contributed by atoms with Crippen molar-refractivity contribution < 1.29 is 19.0 Å². The second-order valence-electron chi connectivity index (χ2n) is 6.01. The van der Waals surface area contributed by atoms with E-state index >= 15 is 0 Å². The first-order valence-corrected chi connectivity index (χ1v) is 7.32. The lowest BCUT2D eigenvalue weighted by atomic mass is 9.99. The van der Waals surface area contributed by atoms with Gasteiger partial charge in [0.1, 0.15) is 11.6 Å². The Labute approximate surface area is 124 Å². The van der Waals surface area contributed by atoms with Crippen LogP contribution in [-0.2, 0) is 11.3 Å². The molecule has 0 radical (unpaired) electrons. The molecule has 1 N–H and O–H groups in total. The van der Waals surface area contributed by atoms with Crippen molar-refractivity contribution in [3.8, 4) is 5.75 Å². The minimum atomic E-state index is -0.777. The Morgan fingerprint density at radius 3 is 2.76 bits per heavy atom. The first-order chi connectivity index (χ1) is 9.95. The highest BCUT2D eigenvalue weighted by atomic mass is 19.1. The van der Waals surface area contributed by atoms with Crippen molar-refractivity contribution in [2.75, 3.05) is 19.7 Å². The van der Waals surface area contributed by atoms with Crippen molar-refractivity contribution in [3.05, 3.63) is 29.6 Å². The molecule has 1 saturated heterocycles. The van der Waals surface area contributed by atoms with Gasteiger partial charge in [-0.2, -0.15) is 0 Å². The van der Waals surface area contributed by atoms with Gasteiger partial charge in [0.15, 0.2) is 0 Å². The third-order valence-corrected chi connectivity index (χ3v) is 3.69. The first-order valence-electron chi connectivity index (χ1n) is 7.32. The molecular weight excluding hydrogens is 273 g/mol. The Bertz CT molecular complexity index is 498. The fourth-order valence-corrected chi connectivity index (χ4v) is 2.25. The van der Waals surface area contributed by atoms with Crippen molar-refractivity contribution >= 4 is 5.97 Å². The average molecular weight is 295 g/mol. The smallest absolute Gasteiger partial charge is 0.309 e. The molecule has 0 saturated carbocycles. The van der Waals surface area contributed by atoms with Gasteiger partial charge in [0.25, 0.3) is 0 Å². The fourth-order valence-electron chi connectivity index (χ4n) is 2.25. The zero-order chi connectivity index (χ0) is 15.4. The van der Waals surface area contributed by atoms with Crippen LogP contribution in [0, 0.1) is 17.7 Å². The van der Waals surface area contributed by atoms with Crippen LogP contribution in [0.2, 0.25) is 0 Å². The van der Waals surface area contributed by atoms with E-state index in [0.29, 0.717) is 43.5 Å². The Morgan fingerprint density at radius 2 is 2.19 bits per heavy atom. The lowest BCUT2D eigenvalue weighted by Gasteiger charge is -2.36. The monoisotopic (exact) mass is 295 g/mol. The molecule has 0 atom stereocenters. The molecule has 21 heavy (non-hydrogen) atoms. The number of likely N-dealkylation sites (tertiary alicyclic amines) is 1. The standard InChI is InChI=1S/C16H22FNO3/c1-11(2)5-6-21-14-4-3-12(15(17)7-14)8-18-9-13(10-18)16(19)20/h3-4,7,11,13H,5-6,8-10H2,1-2H3,(H,19,20). The number of ether oxygens (including phenoxy) is 1. The van der Waals surface area contributed by atoms with Crippen molar-refractivity contribution in [2.24, 2.45) is 11.8 Å². The van der Waals surface area contributed by atoms with Crippen LogP contribution in [0.1, 0.15) is 25.8 Å². The third kappa shape index (κ3) is 4.43. The largest absolute Gasteiger partial charge is 0.493 e. The normalized spacial score (nSPS) is 16.0. The zero-order valence-corrected chi connectivity index (χ0v) is 12.5. The third-order valence-electron chi connectivity index (χ3n) is 3.69.